The van der Waals surface area contributed by atoms with Crippen molar-refractivity contribution in [2.24, 2.45) is 0 Å². The maximum Gasteiger partial charge on any atom is 0.344 e. The third-order valence-electron chi connectivity index (χ3n) is 4.14. The van der Waals surface area contributed by atoms with Gasteiger partial charge < -0.3 is 14.4 Å². The third kappa shape index (κ3) is 4.08. The highest BCUT2D eigenvalue weighted by Gasteiger charge is 2.24. The molecule has 0 bridgehead atoms. The minimum absolute atomic E-state index is 0.0884. The molecule has 0 fully saturated rings. The summed E-state index contributed by atoms with van der Waals surface area (Å²) in [6.45, 7) is 1.38. The molecule has 1 aliphatic rings. The smallest absolute Gasteiger partial charge is 0.344 e. The van der Waals surface area contributed by atoms with Crippen LogP contribution in [0.25, 0.3) is 0 Å². The van der Waals surface area contributed by atoms with E-state index in [1.165, 1.54) is 6.92 Å². The fraction of sp³-hybridized carbons (Fsp3) is 0.250. The van der Waals surface area contributed by atoms with E-state index < -0.39 is 5.97 Å². The van der Waals surface area contributed by atoms with E-state index in [1.807, 2.05) is 24.3 Å². The van der Waals surface area contributed by atoms with Crippen molar-refractivity contribution in [3.8, 4) is 5.75 Å². The molecule has 6 heteroatoms. The molecule has 0 unspecified atom stereocenters. The van der Waals surface area contributed by atoms with Gasteiger partial charge in [-0.15, -0.1) is 0 Å². The van der Waals surface area contributed by atoms with Crippen LogP contribution in [0.2, 0.25) is 0 Å². The van der Waals surface area contributed by atoms with Crippen molar-refractivity contribution >= 4 is 23.3 Å². The second-order valence-corrected chi connectivity index (χ2v) is 5.96. The fourth-order valence-electron chi connectivity index (χ4n) is 2.81. The summed E-state index contributed by atoms with van der Waals surface area (Å²) in [5.41, 5.74) is 2.48. The Balaban J connectivity index is 1.48. The average Bonchev–Trinajstić information content (AvgIpc) is 3.09. The summed E-state index contributed by atoms with van der Waals surface area (Å²) in [6, 6.07) is 14.2. The van der Waals surface area contributed by atoms with Gasteiger partial charge in [-0.2, -0.15) is 0 Å². The van der Waals surface area contributed by atoms with Crippen LogP contribution in [0.4, 0.5) is 5.69 Å². The number of carbonyl (C=O) groups excluding carboxylic acids is 3. The number of fused-ring (bicyclic) bond motifs is 1. The van der Waals surface area contributed by atoms with Gasteiger partial charge in [-0.05, 0) is 37.1 Å². The van der Waals surface area contributed by atoms with E-state index in [0.717, 1.165) is 17.7 Å². The van der Waals surface area contributed by atoms with Crippen molar-refractivity contribution in [1.29, 1.82) is 0 Å². The monoisotopic (exact) mass is 353 g/mol. The van der Waals surface area contributed by atoms with Crippen LogP contribution in [0.15, 0.2) is 48.5 Å². The van der Waals surface area contributed by atoms with E-state index in [9.17, 15) is 14.4 Å². The Labute approximate surface area is 151 Å². The quantitative estimate of drug-likeness (QED) is 0.589. The van der Waals surface area contributed by atoms with Gasteiger partial charge in [-0.3, -0.25) is 9.59 Å². The van der Waals surface area contributed by atoms with Gasteiger partial charge in [0.15, 0.2) is 19.0 Å². The molecule has 0 saturated heterocycles. The van der Waals surface area contributed by atoms with Gasteiger partial charge in [0.2, 0.25) is 0 Å². The van der Waals surface area contributed by atoms with Gasteiger partial charge in [0.05, 0.1) is 0 Å². The summed E-state index contributed by atoms with van der Waals surface area (Å²) >= 11 is 0. The highest BCUT2D eigenvalue weighted by Crippen LogP contribution is 2.27. The number of hydrogen-bond acceptors (Lipinski definition) is 5. The number of para-hydroxylation sites is 1. The molecule has 3 rings (SSSR count). The topological polar surface area (TPSA) is 72.9 Å². The number of Topliss-reactive ketones (excluding diaryl/α,β-unsaturated/α-hetero) is 1. The Morgan fingerprint density at radius 2 is 1.85 bits per heavy atom. The number of amides is 1. The third-order valence-corrected chi connectivity index (χ3v) is 4.14. The Hall–Kier alpha value is -3.15. The zero-order valence-electron chi connectivity index (χ0n) is 14.4. The first-order valence-electron chi connectivity index (χ1n) is 8.32. The Morgan fingerprint density at radius 1 is 1.04 bits per heavy atom. The lowest BCUT2D eigenvalue weighted by atomic mass is 10.1. The number of ether oxygens (including phenoxy) is 2. The number of ketones is 1. The Morgan fingerprint density at radius 3 is 2.65 bits per heavy atom. The van der Waals surface area contributed by atoms with E-state index in [-0.39, 0.29) is 24.9 Å². The van der Waals surface area contributed by atoms with E-state index in [0.29, 0.717) is 17.9 Å². The molecule has 0 aliphatic carbocycles. The van der Waals surface area contributed by atoms with Gasteiger partial charge in [0.25, 0.3) is 5.91 Å². The van der Waals surface area contributed by atoms with E-state index in [1.54, 1.807) is 29.2 Å². The number of anilines is 1. The average molecular weight is 353 g/mol. The summed E-state index contributed by atoms with van der Waals surface area (Å²) in [7, 11) is 0. The molecule has 0 aromatic heterocycles. The molecule has 134 valence electrons. The number of benzene rings is 2. The highest BCUT2D eigenvalue weighted by atomic mass is 16.6. The minimum Gasteiger partial charge on any atom is -0.482 e. The largest absolute Gasteiger partial charge is 0.482 e. The van der Waals surface area contributed by atoms with Crippen molar-refractivity contribution in [1.82, 2.24) is 0 Å². The summed E-state index contributed by atoms with van der Waals surface area (Å²) in [5, 5.41) is 0. The lowest BCUT2D eigenvalue weighted by Gasteiger charge is -2.17. The lowest BCUT2D eigenvalue weighted by molar-refractivity contribution is -0.149. The molecule has 1 aliphatic heterocycles. The van der Waals surface area contributed by atoms with Crippen LogP contribution in [0, 0.1) is 0 Å². The van der Waals surface area contributed by atoms with E-state index >= 15 is 0 Å². The molecule has 1 heterocycles. The second-order valence-electron chi connectivity index (χ2n) is 5.96. The first-order chi connectivity index (χ1) is 12.5. The summed E-state index contributed by atoms with van der Waals surface area (Å²) < 4.78 is 10.3. The zero-order chi connectivity index (χ0) is 18.5. The van der Waals surface area contributed by atoms with Crippen molar-refractivity contribution < 1.29 is 23.9 Å². The number of esters is 1. The van der Waals surface area contributed by atoms with Crippen LogP contribution >= 0.6 is 0 Å². The van der Waals surface area contributed by atoms with Crippen LogP contribution in [-0.2, 0) is 20.7 Å². The molecule has 2 aromatic carbocycles. The molecule has 26 heavy (non-hydrogen) atoms. The molecule has 0 atom stereocenters. The van der Waals surface area contributed by atoms with Crippen molar-refractivity contribution in [3.05, 3.63) is 59.7 Å². The maximum atomic E-state index is 12.3. The Kier molecular flexibility index (Phi) is 5.31. The molecular weight excluding hydrogens is 334 g/mol. The molecule has 0 spiro atoms. The van der Waals surface area contributed by atoms with Gasteiger partial charge in [-0.1, -0.05) is 30.3 Å². The molecule has 1 amide bonds. The van der Waals surface area contributed by atoms with Crippen LogP contribution < -0.4 is 9.64 Å². The first-order valence-corrected chi connectivity index (χ1v) is 8.32. The van der Waals surface area contributed by atoms with E-state index in [2.05, 4.69) is 0 Å². The van der Waals surface area contributed by atoms with Gasteiger partial charge in [-0.25, -0.2) is 4.79 Å². The van der Waals surface area contributed by atoms with Crippen molar-refractivity contribution in [2.75, 3.05) is 24.7 Å². The zero-order valence-corrected chi connectivity index (χ0v) is 14.4. The normalized spacial score (nSPS) is 12.4. The predicted molar refractivity (Wildman–Crippen MR) is 95.4 cm³/mol. The SMILES string of the molecule is CC(=O)c1cccc(OCC(=O)OCC(=O)N2CCc3ccccc32)c1. The molecule has 2 aromatic rings. The van der Waals surface area contributed by atoms with Gasteiger partial charge in [0.1, 0.15) is 5.75 Å². The highest BCUT2D eigenvalue weighted by molar-refractivity contribution is 5.97. The lowest BCUT2D eigenvalue weighted by Crippen LogP contribution is -2.33. The number of nitrogens with zero attached hydrogens (tertiary/aromatic N) is 1. The van der Waals surface area contributed by atoms with Crippen LogP contribution in [0.5, 0.6) is 5.75 Å². The number of carbonyl (C=O) groups is 3. The number of rotatable bonds is 6. The first kappa shape index (κ1) is 17.7. The summed E-state index contributed by atoms with van der Waals surface area (Å²) in [5.74, 6) is -0.593. The van der Waals surface area contributed by atoms with Crippen LogP contribution in [-0.4, -0.2) is 37.4 Å². The molecular formula is C20H19NO5. The van der Waals surface area contributed by atoms with Crippen molar-refractivity contribution in [2.45, 2.75) is 13.3 Å². The maximum absolute atomic E-state index is 12.3. The van der Waals surface area contributed by atoms with Crippen molar-refractivity contribution in [3.63, 3.8) is 0 Å². The molecule has 6 nitrogen and oxygen atoms in total. The van der Waals surface area contributed by atoms with Crippen LogP contribution in [0.3, 0.4) is 0 Å². The molecule has 0 radical (unpaired) electrons. The summed E-state index contributed by atoms with van der Waals surface area (Å²) in [6.07, 6.45) is 0.797. The second kappa shape index (κ2) is 7.82. The molecule has 0 saturated carbocycles. The minimum atomic E-state index is -0.640. The van der Waals surface area contributed by atoms with Gasteiger partial charge in [0, 0.05) is 17.8 Å². The predicted octanol–water partition coefficient (Wildman–Crippen LogP) is 2.40. The van der Waals surface area contributed by atoms with Crippen LogP contribution in [0.1, 0.15) is 22.8 Å². The van der Waals surface area contributed by atoms with E-state index in [4.69, 9.17) is 9.47 Å². The number of hydrogen-bond donors (Lipinski definition) is 0. The standard InChI is InChI=1S/C20H19NO5/c1-14(22)16-6-4-7-17(11-16)25-13-20(24)26-12-19(23)21-10-9-15-5-2-3-8-18(15)21/h2-8,11H,9-10,12-13H2,1H3. The Bertz CT molecular complexity index is 846. The van der Waals surface area contributed by atoms with Gasteiger partial charge >= 0.3 is 5.97 Å². The molecule has 0 N–H and O–H groups in total. The fourth-order valence-corrected chi connectivity index (χ4v) is 2.81. The summed E-state index contributed by atoms with van der Waals surface area (Å²) in [4.78, 5) is 37.1.